The molecule has 1 unspecified atom stereocenters. The van der Waals surface area contributed by atoms with E-state index in [9.17, 15) is 4.79 Å². The van der Waals surface area contributed by atoms with Crippen molar-refractivity contribution in [3.8, 4) is 0 Å². The molecule has 2 rings (SSSR count). The summed E-state index contributed by atoms with van der Waals surface area (Å²) in [5.74, 6) is 0. The van der Waals surface area contributed by atoms with Gasteiger partial charge in [0, 0.05) is 6.54 Å². The summed E-state index contributed by atoms with van der Waals surface area (Å²) in [4.78, 5) is 14.0. The van der Waals surface area contributed by atoms with E-state index in [0.29, 0.717) is 0 Å². The van der Waals surface area contributed by atoms with E-state index in [1.807, 2.05) is 52.0 Å². The van der Waals surface area contributed by atoms with Crippen molar-refractivity contribution in [1.29, 1.82) is 0 Å². The second kappa shape index (κ2) is 4.52. The summed E-state index contributed by atoms with van der Waals surface area (Å²) in [7, 11) is 0. The Bertz CT molecular complexity index is 451. The van der Waals surface area contributed by atoms with Crippen molar-refractivity contribution in [3.63, 3.8) is 0 Å². The predicted octanol–water partition coefficient (Wildman–Crippen LogP) is 3.24. The Morgan fingerprint density at radius 2 is 2.06 bits per heavy atom. The molecule has 18 heavy (non-hydrogen) atoms. The number of anilines is 2. The Labute approximate surface area is 108 Å². The van der Waals surface area contributed by atoms with Gasteiger partial charge in [0.1, 0.15) is 5.60 Å². The molecule has 1 heterocycles. The molecule has 1 atom stereocenters. The third-order valence-electron chi connectivity index (χ3n) is 2.78. The number of benzene rings is 1. The zero-order chi connectivity index (χ0) is 13.3. The van der Waals surface area contributed by atoms with Crippen LogP contribution in [0, 0.1) is 0 Å². The van der Waals surface area contributed by atoms with E-state index in [1.54, 1.807) is 4.90 Å². The van der Waals surface area contributed by atoms with E-state index in [-0.39, 0.29) is 12.1 Å². The largest absolute Gasteiger partial charge is 0.443 e. The molecule has 0 fully saturated rings. The first-order chi connectivity index (χ1) is 8.38. The van der Waals surface area contributed by atoms with Crippen LogP contribution in [-0.2, 0) is 4.74 Å². The summed E-state index contributed by atoms with van der Waals surface area (Å²) < 4.78 is 5.46. The van der Waals surface area contributed by atoms with Crippen LogP contribution in [0.4, 0.5) is 16.2 Å². The maximum Gasteiger partial charge on any atom is 0.415 e. The van der Waals surface area contributed by atoms with Crippen LogP contribution in [0.3, 0.4) is 0 Å². The van der Waals surface area contributed by atoms with Crippen molar-refractivity contribution in [3.05, 3.63) is 24.3 Å². The Morgan fingerprint density at radius 1 is 1.39 bits per heavy atom. The highest BCUT2D eigenvalue weighted by Crippen LogP contribution is 2.32. The summed E-state index contributed by atoms with van der Waals surface area (Å²) in [6, 6.07) is 7.86. The quantitative estimate of drug-likeness (QED) is 0.766. The van der Waals surface area contributed by atoms with Gasteiger partial charge in [0.05, 0.1) is 17.4 Å². The van der Waals surface area contributed by atoms with Gasteiger partial charge in [0.15, 0.2) is 0 Å². The molecule has 4 heteroatoms. The monoisotopic (exact) mass is 248 g/mol. The minimum atomic E-state index is -0.476. The molecular formula is C14H20N2O2. The molecule has 1 aromatic carbocycles. The molecule has 98 valence electrons. The highest BCUT2D eigenvalue weighted by atomic mass is 16.6. The molecule has 1 aliphatic heterocycles. The number of amides is 1. The molecule has 1 amide bonds. The van der Waals surface area contributed by atoms with Crippen molar-refractivity contribution in [2.45, 2.75) is 39.3 Å². The standard InChI is InChI=1S/C14H20N2O2/c1-10-9-15-11-7-5-6-8-12(11)16(10)13(17)18-14(2,3)4/h5-8,10,15H,9H2,1-4H3. The fourth-order valence-electron chi connectivity index (χ4n) is 2.01. The Kier molecular flexibility index (Phi) is 3.20. The average Bonchev–Trinajstić information content (AvgIpc) is 2.26. The van der Waals surface area contributed by atoms with E-state index >= 15 is 0 Å². The molecule has 1 aromatic rings. The number of carbonyl (C=O) groups is 1. The molecule has 0 saturated heterocycles. The molecule has 0 aliphatic carbocycles. The highest BCUT2D eigenvalue weighted by molar-refractivity contribution is 5.94. The molecular weight excluding hydrogens is 228 g/mol. The Morgan fingerprint density at radius 3 is 2.72 bits per heavy atom. The van der Waals surface area contributed by atoms with Crippen LogP contribution in [0.5, 0.6) is 0 Å². The zero-order valence-corrected chi connectivity index (χ0v) is 11.4. The fraction of sp³-hybridized carbons (Fsp3) is 0.500. The van der Waals surface area contributed by atoms with Gasteiger partial charge < -0.3 is 10.1 Å². The highest BCUT2D eigenvalue weighted by Gasteiger charge is 2.31. The third-order valence-corrected chi connectivity index (χ3v) is 2.78. The van der Waals surface area contributed by atoms with E-state index in [4.69, 9.17) is 4.74 Å². The summed E-state index contributed by atoms with van der Waals surface area (Å²) in [6.07, 6.45) is -0.288. The van der Waals surface area contributed by atoms with Crippen molar-refractivity contribution in [1.82, 2.24) is 0 Å². The van der Waals surface area contributed by atoms with Crippen LogP contribution in [0.1, 0.15) is 27.7 Å². The SMILES string of the molecule is CC1CNc2ccccc2N1C(=O)OC(C)(C)C. The number of fused-ring (bicyclic) bond motifs is 1. The first-order valence-electron chi connectivity index (χ1n) is 6.23. The Hall–Kier alpha value is -1.71. The van der Waals surface area contributed by atoms with Gasteiger partial charge in [-0.05, 0) is 39.8 Å². The molecule has 1 N–H and O–H groups in total. The summed E-state index contributed by atoms with van der Waals surface area (Å²) >= 11 is 0. The van der Waals surface area contributed by atoms with Gasteiger partial charge in [-0.1, -0.05) is 12.1 Å². The number of ether oxygens (including phenoxy) is 1. The number of hydrogen-bond donors (Lipinski definition) is 1. The van der Waals surface area contributed by atoms with Gasteiger partial charge in [0.2, 0.25) is 0 Å². The molecule has 0 aromatic heterocycles. The van der Waals surface area contributed by atoms with Crippen LogP contribution < -0.4 is 10.2 Å². The number of nitrogens with one attached hydrogen (secondary N) is 1. The summed E-state index contributed by atoms with van der Waals surface area (Å²) in [5.41, 5.74) is 1.38. The number of rotatable bonds is 0. The fourth-order valence-corrected chi connectivity index (χ4v) is 2.01. The van der Waals surface area contributed by atoms with Gasteiger partial charge in [-0.25, -0.2) is 4.79 Å². The van der Waals surface area contributed by atoms with Crippen molar-refractivity contribution in [2.24, 2.45) is 0 Å². The minimum absolute atomic E-state index is 0.0785. The number of carbonyl (C=O) groups excluding carboxylic acids is 1. The van der Waals surface area contributed by atoms with Gasteiger partial charge in [-0.15, -0.1) is 0 Å². The maximum atomic E-state index is 12.3. The van der Waals surface area contributed by atoms with Gasteiger partial charge >= 0.3 is 6.09 Å². The van der Waals surface area contributed by atoms with Gasteiger partial charge in [-0.2, -0.15) is 0 Å². The second-order valence-corrected chi connectivity index (χ2v) is 5.60. The molecule has 0 spiro atoms. The van der Waals surface area contributed by atoms with Crippen LogP contribution in [-0.4, -0.2) is 24.3 Å². The van der Waals surface area contributed by atoms with E-state index in [2.05, 4.69) is 5.32 Å². The average molecular weight is 248 g/mol. The molecule has 1 aliphatic rings. The number of hydrogen-bond acceptors (Lipinski definition) is 3. The second-order valence-electron chi connectivity index (χ2n) is 5.60. The third kappa shape index (κ3) is 2.58. The topological polar surface area (TPSA) is 41.6 Å². The van der Waals surface area contributed by atoms with Crippen molar-refractivity contribution < 1.29 is 9.53 Å². The molecule has 0 saturated carbocycles. The van der Waals surface area contributed by atoms with Crippen LogP contribution in [0.15, 0.2) is 24.3 Å². The first-order valence-corrected chi connectivity index (χ1v) is 6.23. The lowest BCUT2D eigenvalue weighted by molar-refractivity contribution is 0.0568. The smallest absolute Gasteiger partial charge is 0.415 e. The lowest BCUT2D eigenvalue weighted by Crippen LogP contribution is -2.47. The van der Waals surface area contributed by atoms with Crippen molar-refractivity contribution >= 4 is 17.5 Å². The molecule has 0 bridgehead atoms. The molecule has 4 nitrogen and oxygen atoms in total. The van der Waals surface area contributed by atoms with E-state index in [1.165, 1.54) is 0 Å². The van der Waals surface area contributed by atoms with Crippen LogP contribution in [0.2, 0.25) is 0 Å². The van der Waals surface area contributed by atoms with Crippen LogP contribution in [0.25, 0.3) is 0 Å². The van der Waals surface area contributed by atoms with E-state index < -0.39 is 5.60 Å². The van der Waals surface area contributed by atoms with Gasteiger partial charge in [0.25, 0.3) is 0 Å². The lowest BCUT2D eigenvalue weighted by atomic mass is 10.1. The number of nitrogens with zero attached hydrogens (tertiary/aromatic N) is 1. The first kappa shape index (κ1) is 12.7. The predicted molar refractivity (Wildman–Crippen MR) is 73.1 cm³/mol. The lowest BCUT2D eigenvalue weighted by Gasteiger charge is -2.36. The minimum Gasteiger partial charge on any atom is -0.443 e. The molecule has 0 radical (unpaired) electrons. The normalized spacial score (nSPS) is 18.9. The van der Waals surface area contributed by atoms with E-state index in [0.717, 1.165) is 17.9 Å². The maximum absolute atomic E-state index is 12.3. The zero-order valence-electron chi connectivity index (χ0n) is 11.4. The Balaban J connectivity index is 2.29. The van der Waals surface area contributed by atoms with Crippen molar-refractivity contribution in [2.75, 3.05) is 16.8 Å². The summed E-state index contributed by atoms with van der Waals surface area (Å²) in [5, 5.41) is 3.31. The number of para-hydroxylation sites is 2. The van der Waals surface area contributed by atoms with Crippen LogP contribution >= 0.6 is 0 Å². The van der Waals surface area contributed by atoms with Gasteiger partial charge in [-0.3, -0.25) is 4.90 Å². The summed E-state index contributed by atoms with van der Waals surface area (Å²) in [6.45, 7) is 8.38.